The maximum atomic E-state index is 13.3. The van der Waals surface area contributed by atoms with Gasteiger partial charge in [-0.15, -0.1) is 10.2 Å². The van der Waals surface area contributed by atoms with E-state index in [0.717, 1.165) is 51.5 Å². The number of amides is 1. The minimum absolute atomic E-state index is 0.0843. The smallest absolute Gasteiger partial charge is 0.235 e. The zero-order valence-electron chi connectivity index (χ0n) is 15.6. The number of halogens is 1. The van der Waals surface area contributed by atoms with Crippen LogP contribution in [0.3, 0.4) is 0 Å². The molecule has 2 aromatic carbocycles. The SMILES string of the molecule is Cn1cnnc1Sc1ccc(NC(=O)C2(c3ccc(Br)cc3)CCCC2)cc1. The van der Waals surface area contributed by atoms with Crippen LogP contribution in [0.5, 0.6) is 0 Å². The topological polar surface area (TPSA) is 59.8 Å². The first-order valence-corrected chi connectivity index (χ1v) is 10.9. The van der Waals surface area contributed by atoms with Crippen LogP contribution in [0.15, 0.2) is 69.4 Å². The van der Waals surface area contributed by atoms with E-state index in [4.69, 9.17) is 0 Å². The average Bonchev–Trinajstić information content (AvgIpc) is 3.34. The van der Waals surface area contributed by atoms with E-state index in [0.29, 0.717) is 0 Å². The summed E-state index contributed by atoms with van der Waals surface area (Å²) in [6.45, 7) is 0. The first-order chi connectivity index (χ1) is 13.6. The van der Waals surface area contributed by atoms with Crippen molar-refractivity contribution in [3.8, 4) is 0 Å². The first-order valence-electron chi connectivity index (χ1n) is 9.26. The van der Waals surface area contributed by atoms with E-state index in [1.807, 2.05) is 48.0 Å². The number of nitrogens with zero attached hydrogens (tertiary/aromatic N) is 3. The van der Waals surface area contributed by atoms with Gasteiger partial charge in [-0.3, -0.25) is 4.79 Å². The van der Waals surface area contributed by atoms with Crippen LogP contribution in [0.1, 0.15) is 31.2 Å². The molecule has 1 aromatic heterocycles. The molecule has 0 unspecified atom stereocenters. The Bertz CT molecular complexity index is 963. The van der Waals surface area contributed by atoms with Gasteiger partial charge in [-0.2, -0.15) is 0 Å². The van der Waals surface area contributed by atoms with Crippen molar-refractivity contribution in [3.05, 3.63) is 64.9 Å². The van der Waals surface area contributed by atoms with Crippen molar-refractivity contribution in [2.24, 2.45) is 7.05 Å². The number of aryl methyl sites for hydroxylation is 1. The molecule has 1 saturated carbocycles. The monoisotopic (exact) mass is 456 g/mol. The predicted molar refractivity (Wildman–Crippen MR) is 114 cm³/mol. The zero-order valence-corrected chi connectivity index (χ0v) is 18.0. The summed E-state index contributed by atoms with van der Waals surface area (Å²) >= 11 is 5.03. The highest BCUT2D eigenvalue weighted by Gasteiger charge is 2.42. The van der Waals surface area contributed by atoms with Gasteiger partial charge in [0.25, 0.3) is 0 Å². The van der Waals surface area contributed by atoms with Crippen molar-refractivity contribution in [1.29, 1.82) is 0 Å². The van der Waals surface area contributed by atoms with E-state index in [1.165, 1.54) is 0 Å². The first kappa shape index (κ1) is 19.2. The standard InChI is InChI=1S/C21H21BrN4OS/c1-26-14-23-25-20(26)28-18-10-8-17(9-11-18)24-19(27)21(12-2-3-13-21)15-4-6-16(22)7-5-15/h4-11,14H,2-3,12-13H2,1H3,(H,24,27). The zero-order chi connectivity index (χ0) is 19.6. The summed E-state index contributed by atoms with van der Waals surface area (Å²) in [7, 11) is 1.92. The lowest BCUT2D eigenvalue weighted by Gasteiger charge is -2.28. The summed E-state index contributed by atoms with van der Waals surface area (Å²) in [4.78, 5) is 14.3. The second kappa shape index (κ2) is 8.09. The van der Waals surface area contributed by atoms with Crippen LogP contribution in [-0.4, -0.2) is 20.7 Å². The summed E-state index contributed by atoms with van der Waals surface area (Å²) < 4.78 is 2.91. The van der Waals surface area contributed by atoms with Crippen LogP contribution in [0.2, 0.25) is 0 Å². The number of carbonyl (C=O) groups is 1. The molecule has 1 aliphatic rings. The normalized spacial score (nSPS) is 15.5. The number of rotatable bonds is 5. The second-order valence-corrected chi connectivity index (χ2v) is 9.06. The Kier molecular flexibility index (Phi) is 5.55. The molecular weight excluding hydrogens is 436 g/mol. The van der Waals surface area contributed by atoms with Crippen LogP contribution in [0.25, 0.3) is 0 Å². The van der Waals surface area contributed by atoms with Crippen LogP contribution >= 0.6 is 27.7 Å². The fourth-order valence-electron chi connectivity index (χ4n) is 3.72. The van der Waals surface area contributed by atoms with Gasteiger partial charge in [0.15, 0.2) is 5.16 Å². The lowest BCUT2D eigenvalue weighted by atomic mass is 9.78. The largest absolute Gasteiger partial charge is 0.325 e. The Morgan fingerprint density at radius 2 is 1.79 bits per heavy atom. The molecule has 5 nitrogen and oxygen atoms in total. The molecule has 4 rings (SSSR count). The number of benzene rings is 2. The van der Waals surface area contributed by atoms with Crippen molar-refractivity contribution in [1.82, 2.24) is 14.8 Å². The third-order valence-electron chi connectivity index (χ3n) is 5.28. The van der Waals surface area contributed by atoms with Crippen LogP contribution in [0, 0.1) is 0 Å². The maximum Gasteiger partial charge on any atom is 0.235 e. The quantitative estimate of drug-likeness (QED) is 0.574. The molecule has 0 spiro atoms. The summed E-state index contributed by atoms with van der Waals surface area (Å²) in [5.74, 6) is 0.0843. The highest BCUT2D eigenvalue weighted by Crippen LogP contribution is 2.42. The number of hydrogen-bond acceptors (Lipinski definition) is 4. The van der Waals surface area contributed by atoms with Gasteiger partial charge >= 0.3 is 0 Å². The van der Waals surface area contributed by atoms with E-state index in [1.54, 1.807) is 18.1 Å². The maximum absolute atomic E-state index is 13.3. The molecule has 7 heteroatoms. The summed E-state index contributed by atoms with van der Waals surface area (Å²) in [5, 5.41) is 12.0. The van der Waals surface area contributed by atoms with Crippen LogP contribution < -0.4 is 5.32 Å². The molecule has 3 aromatic rings. The molecule has 0 radical (unpaired) electrons. The van der Waals surface area contributed by atoms with Gasteiger partial charge in [0.1, 0.15) is 6.33 Å². The Hall–Kier alpha value is -2.12. The van der Waals surface area contributed by atoms with Crippen molar-refractivity contribution in [2.45, 2.75) is 41.2 Å². The minimum atomic E-state index is -0.438. The number of aromatic nitrogens is 3. The molecule has 144 valence electrons. The van der Waals surface area contributed by atoms with Crippen molar-refractivity contribution in [2.75, 3.05) is 5.32 Å². The van der Waals surface area contributed by atoms with E-state index in [9.17, 15) is 4.79 Å². The van der Waals surface area contributed by atoms with Gasteiger partial charge in [0.2, 0.25) is 5.91 Å². The van der Waals surface area contributed by atoms with E-state index in [2.05, 4.69) is 43.6 Å². The van der Waals surface area contributed by atoms with Gasteiger partial charge in [-0.05, 0) is 66.6 Å². The number of hydrogen-bond donors (Lipinski definition) is 1. The molecule has 0 saturated heterocycles. The Morgan fingerprint density at radius 1 is 1.11 bits per heavy atom. The van der Waals surface area contributed by atoms with E-state index in [-0.39, 0.29) is 5.91 Å². The van der Waals surface area contributed by atoms with Gasteiger partial charge in [-0.1, -0.05) is 40.9 Å². The van der Waals surface area contributed by atoms with Crippen molar-refractivity contribution >= 4 is 39.3 Å². The Balaban J connectivity index is 1.50. The molecule has 1 fully saturated rings. The molecule has 0 atom stereocenters. The van der Waals surface area contributed by atoms with Crippen molar-refractivity contribution in [3.63, 3.8) is 0 Å². The van der Waals surface area contributed by atoms with Gasteiger partial charge in [-0.25, -0.2) is 0 Å². The number of anilines is 1. The molecule has 1 heterocycles. The molecule has 1 aliphatic carbocycles. The van der Waals surface area contributed by atoms with Crippen LogP contribution in [0.4, 0.5) is 5.69 Å². The van der Waals surface area contributed by atoms with Crippen molar-refractivity contribution < 1.29 is 4.79 Å². The predicted octanol–water partition coefficient (Wildman–Crippen LogP) is 5.18. The number of nitrogens with one attached hydrogen (secondary N) is 1. The van der Waals surface area contributed by atoms with Gasteiger partial charge in [0, 0.05) is 22.1 Å². The molecular formula is C21H21BrN4OS. The lowest BCUT2D eigenvalue weighted by Crippen LogP contribution is -2.37. The molecule has 1 N–H and O–H groups in total. The Labute approximate surface area is 177 Å². The van der Waals surface area contributed by atoms with Gasteiger partial charge in [0.05, 0.1) is 5.41 Å². The highest BCUT2D eigenvalue weighted by molar-refractivity contribution is 9.10. The van der Waals surface area contributed by atoms with Crippen LogP contribution in [-0.2, 0) is 17.3 Å². The number of carbonyl (C=O) groups excluding carboxylic acids is 1. The average molecular weight is 457 g/mol. The third kappa shape index (κ3) is 3.86. The fraction of sp³-hybridized carbons (Fsp3) is 0.286. The van der Waals surface area contributed by atoms with E-state index >= 15 is 0 Å². The van der Waals surface area contributed by atoms with Gasteiger partial charge < -0.3 is 9.88 Å². The minimum Gasteiger partial charge on any atom is -0.325 e. The summed E-state index contributed by atoms with van der Waals surface area (Å²) in [6, 6.07) is 16.0. The fourth-order valence-corrected chi connectivity index (χ4v) is 4.75. The third-order valence-corrected chi connectivity index (χ3v) is 6.87. The summed E-state index contributed by atoms with van der Waals surface area (Å²) in [5.41, 5.74) is 1.48. The second-order valence-electron chi connectivity index (χ2n) is 7.10. The summed E-state index contributed by atoms with van der Waals surface area (Å²) in [6.07, 6.45) is 5.62. The Morgan fingerprint density at radius 3 is 2.39 bits per heavy atom. The molecule has 0 aliphatic heterocycles. The molecule has 28 heavy (non-hydrogen) atoms. The molecule has 1 amide bonds. The highest BCUT2D eigenvalue weighted by atomic mass is 79.9. The van der Waals surface area contributed by atoms with E-state index < -0.39 is 5.41 Å². The molecule has 0 bridgehead atoms. The lowest BCUT2D eigenvalue weighted by molar-refractivity contribution is -0.121.